The zero-order valence-electron chi connectivity index (χ0n) is 20.0. The van der Waals surface area contributed by atoms with Crippen LogP contribution in [0.25, 0.3) is 5.76 Å². The van der Waals surface area contributed by atoms with Crippen LogP contribution >= 0.6 is 0 Å². The summed E-state index contributed by atoms with van der Waals surface area (Å²) >= 11 is 0. The molecule has 1 unspecified atom stereocenters. The highest BCUT2D eigenvalue weighted by atomic mass is 16.5. The molecule has 1 saturated heterocycles. The van der Waals surface area contributed by atoms with Gasteiger partial charge in [0.2, 0.25) is 0 Å². The average Bonchev–Trinajstić information content (AvgIpc) is 3.13. The molecule has 180 valence electrons. The smallest absolute Gasteiger partial charge is 0.295 e. The van der Waals surface area contributed by atoms with Crippen LogP contribution in [0, 0.1) is 6.92 Å². The molecule has 1 aliphatic heterocycles. The summed E-state index contributed by atoms with van der Waals surface area (Å²) < 4.78 is 11.0. The number of ketones is 1. The number of aliphatic hydroxyl groups is 1. The highest BCUT2D eigenvalue weighted by Crippen LogP contribution is 2.41. The van der Waals surface area contributed by atoms with Gasteiger partial charge >= 0.3 is 0 Å². The van der Waals surface area contributed by atoms with Gasteiger partial charge in [-0.25, -0.2) is 0 Å². The Morgan fingerprint density at radius 1 is 1.06 bits per heavy atom. The van der Waals surface area contributed by atoms with E-state index >= 15 is 0 Å². The van der Waals surface area contributed by atoms with Crippen molar-refractivity contribution in [1.82, 2.24) is 9.88 Å². The summed E-state index contributed by atoms with van der Waals surface area (Å²) in [7, 11) is 1.57. The predicted molar refractivity (Wildman–Crippen MR) is 132 cm³/mol. The van der Waals surface area contributed by atoms with Crippen LogP contribution in [-0.4, -0.2) is 40.4 Å². The Labute approximate surface area is 204 Å². The molecule has 1 atom stereocenters. The highest BCUT2D eigenvalue weighted by molar-refractivity contribution is 6.46. The minimum absolute atomic E-state index is 0.0517. The van der Waals surface area contributed by atoms with E-state index in [1.807, 2.05) is 13.8 Å². The lowest BCUT2D eigenvalue weighted by Gasteiger charge is -2.25. The number of methoxy groups -OCH3 is 1. The molecule has 0 aliphatic carbocycles. The van der Waals surface area contributed by atoms with Crippen LogP contribution in [0.5, 0.6) is 11.5 Å². The largest absolute Gasteiger partial charge is 0.507 e. The predicted octanol–water partition coefficient (Wildman–Crippen LogP) is 4.81. The zero-order chi connectivity index (χ0) is 24.9. The molecule has 1 amide bonds. The normalized spacial score (nSPS) is 17.0. The summed E-state index contributed by atoms with van der Waals surface area (Å²) in [6, 6.07) is 15.2. The molecule has 2 aromatic carbocycles. The Bertz CT molecular complexity index is 1250. The van der Waals surface area contributed by atoms with Crippen LogP contribution in [0.15, 0.2) is 72.6 Å². The van der Waals surface area contributed by atoms with E-state index < -0.39 is 17.7 Å². The number of nitrogens with zero attached hydrogens (tertiary/aromatic N) is 2. The Hall–Kier alpha value is -4.13. The number of carbonyl (C=O) groups is 2. The van der Waals surface area contributed by atoms with E-state index in [9.17, 15) is 14.7 Å². The Morgan fingerprint density at radius 2 is 1.77 bits per heavy atom. The van der Waals surface area contributed by atoms with Gasteiger partial charge in [0.25, 0.3) is 11.7 Å². The Morgan fingerprint density at radius 3 is 2.40 bits per heavy atom. The molecule has 0 spiro atoms. The lowest BCUT2D eigenvalue weighted by Crippen LogP contribution is -2.29. The Balaban J connectivity index is 1.81. The summed E-state index contributed by atoms with van der Waals surface area (Å²) in [5.74, 6) is -0.233. The second-order valence-electron chi connectivity index (χ2n) is 8.38. The van der Waals surface area contributed by atoms with Crippen LogP contribution < -0.4 is 9.47 Å². The lowest BCUT2D eigenvalue weighted by molar-refractivity contribution is -0.140. The lowest BCUT2D eigenvalue weighted by atomic mass is 9.94. The van der Waals surface area contributed by atoms with Crippen molar-refractivity contribution in [2.75, 3.05) is 13.7 Å². The zero-order valence-corrected chi connectivity index (χ0v) is 20.0. The highest BCUT2D eigenvalue weighted by Gasteiger charge is 2.46. The van der Waals surface area contributed by atoms with Gasteiger partial charge in [-0.15, -0.1) is 0 Å². The molecule has 0 bridgehead atoms. The standard InChI is InChI=1S/C28H28N2O5/c1-4-15-35-23-10-7-21(16-18(23)2)26(31)24-25(20-5-8-22(34-3)9-6-20)30(28(33)27(24)32)17-19-11-13-29-14-12-19/h5-14,16,25,31H,4,15,17H2,1-3H3/b26-24-. The first-order chi connectivity index (χ1) is 16.9. The molecule has 1 fully saturated rings. The summed E-state index contributed by atoms with van der Waals surface area (Å²) in [6.45, 7) is 4.69. The minimum Gasteiger partial charge on any atom is -0.507 e. The van der Waals surface area contributed by atoms with E-state index in [0.717, 1.165) is 17.5 Å². The third-order valence-electron chi connectivity index (χ3n) is 5.98. The van der Waals surface area contributed by atoms with E-state index in [4.69, 9.17) is 9.47 Å². The molecule has 1 N–H and O–H groups in total. The van der Waals surface area contributed by atoms with Crippen molar-refractivity contribution < 1.29 is 24.2 Å². The topological polar surface area (TPSA) is 89.0 Å². The Kier molecular flexibility index (Phi) is 7.15. The van der Waals surface area contributed by atoms with Gasteiger partial charge in [0.05, 0.1) is 25.3 Å². The molecule has 1 aliphatic rings. The van der Waals surface area contributed by atoms with Crippen LogP contribution in [-0.2, 0) is 16.1 Å². The number of pyridine rings is 1. The first-order valence-electron chi connectivity index (χ1n) is 11.5. The number of hydrogen-bond acceptors (Lipinski definition) is 6. The molecule has 35 heavy (non-hydrogen) atoms. The summed E-state index contributed by atoms with van der Waals surface area (Å²) in [6.07, 6.45) is 4.16. The SMILES string of the molecule is CCCOc1ccc(/C(O)=C2/C(=O)C(=O)N(Cc3ccncc3)C2c2ccc(OC)cc2)cc1C. The number of amides is 1. The number of benzene rings is 2. The third kappa shape index (κ3) is 4.89. The number of likely N-dealkylation sites (tertiary alicyclic amines) is 1. The number of aromatic nitrogens is 1. The molecule has 3 aromatic rings. The number of hydrogen-bond donors (Lipinski definition) is 1. The first kappa shape index (κ1) is 24.0. The van der Waals surface area contributed by atoms with Crippen LogP contribution in [0.2, 0.25) is 0 Å². The monoisotopic (exact) mass is 472 g/mol. The fraction of sp³-hybridized carbons (Fsp3) is 0.250. The van der Waals surface area contributed by atoms with Crippen molar-refractivity contribution >= 4 is 17.4 Å². The van der Waals surface area contributed by atoms with Crippen molar-refractivity contribution in [3.05, 3.63) is 94.8 Å². The molecule has 4 rings (SSSR count). The van der Waals surface area contributed by atoms with Gasteiger partial charge < -0.3 is 19.5 Å². The van der Waals surface area contributed by atoms with Crippen LogP contribution in [0.4, 0.5) is 0 Å². The van der Waals surface area contributed by atoms with E-state index in [1.54, 1.807) is 74.1 Å². The van der Waals surface area contributed by atoms with Crippen molar-refractivity contribution in [2.45, 2.75) is 32.9 Å². The summed E-state index contributed by atoms with van der Waals surface area (Å²) in [5, 5.41) is 11.3. The van der Waals surface area contributed by atoms with Crippen molar-refractivity contribution in [2.24, 2.45) is 0 Å². The van der Waals surface area contributed by atoms with E-state index in [1.165, 1.54) is 4.90 Å². The summed E-state index contributed by atoms with van der Waals surface area (Å²) in [5.41, 5.74) is 2.85. The van der Waals surface area contributed by atoms with Gasteiger partial charge in [-0.2, -0.15) is 0 Å². The number of aryl methyl sites for hydroxylation is 1. The van der Waals surface area contributed by atoms with Crippen molar-refractivity contribution in [3.63, 3.8) is 0 Å². The fourth-order valence-electron chi connectivity index (χ4n) is 4.19. The van der Waals surface area contributed by atoms with Gasteiger partial charge in [-0.1, -0.05) is 19.1 Å². The molecule has 2 heterocycles. The number of rotatable bonds is 8. The van der Waals surface area contributed by atoms with Crippen LogP contribution in [0.3, 0.4) is 0 Å². The maximum Gasteiger partial charge on any atom is 0.295 e. The molecule has 7 heteroatoms. The minimum atomic E-state index is -0.759. The second kappa shape index (κ2) is 10.4. The van der Waals surface area contributed by atoms with Crippen molar-refractivity contribution in [1.29, 1.82) is 0 Å². The number of aliphatic hydroxyl groups excluding tert-OH is 1. The van der Waals surface area contributed by atoms with Gasteiger partial charge in [-0.05, 0) is 72.5 Å². The fourth-order valence-corrected chi connectivity index (χ4v) is 4.19. The maximum absolute atomic E-state index is 13.2. The molecule has 7 nitrogen and oxygen atoms in total. The number of Topliss-reactive ketones (excluding diaryl/α,β-unsaturated/α-hetero) is 1. The van der Waals surface area contributed by atoms with Gasteiger partial charge in [-0.3, -0.25) is 14.6 Å². The quantitative estimate of drug-likeness (QED) is 0.288. The number of carbonyl (C=O) groups excluding carboxylic acids is 2. The van der Waals surface area contributed by atoms with E-state index in [-0.39, 0.29) is 17.9 Å². The summed E-state index contributed by atoms with van der Waals surface area (Å²) in [4.78, 5) is 31.9. The molecule has 1 aromatic heterocycles. The van der Waals surface area contributed by atoms with Gasteiger partial charge in [0.15, 0.2) is 0 Å². The molecule has 0 saturated carbocycles. The number of ether oxygens (including phenoxy) is 2. The molecular formula is C28H28N2O5. The van der Waals surface area contributed by atoms with E-state index in [0.29, 0.717) is 29.2 Å². The van der Waals surface area contributed by atoms with Gasteiger partial charge in [0, 0.05) is 24.5 Å². The van der Waals surface area contributed by atoms with Crippen molar-refractivity contribution in [3.8, 4) is 11.5 Å². The molecular weight excluding hydrogens is 444 g/mol. The van der Waals surface area contributed by atoms with E-state index in [2.05, 4.69) is 4.98 Å². The first-order valence-corrected chi connectivity index (χ1v) is 11.5. The third-order valence-corrected chi connectivity index (χ3v) is 5.98. The van der Waals surface area contributed by atoms with Crippen LogP contribution in [0.1, 0.15) is 41.6 Å². The molecule has 0 radical (unpaired) electrons. The maximum atomic E-state index is 13.2. The van der Waals surface area contributed by atoms with Gasteiger partial charge in [0.1, 0.15) is 17.3 Å². The average molecular weight is 473 g/mol. The second-order valence-corrected chi connectivity index (χ2v) is 8.38.